The zero-order valence-electron chi connectivity index (χ0n) is 12.2. The monoisotopic (exact) mass is 282 g/mol. The fourth-order valence-corrected chi connectivity index (χ4v) is 2.36. The van der Waals surface area contributed by atoms with Crippen LogP contribution in [0.2, 0.25) is 0 Å². The van der Waals surface area contributed by atoms with Crippen molar-refractivity contribution in [1.82, 2.24) is 9.88 Å². The Balaban J connectivity index is 1.82. The van der Waals surface area contributed by atoms with Gasteiger partial charge >= 0.3 is 0 Å². The normalized spacial score (nSPS) is 12.5. The molecule has 0 saturated heterocycles. The number of amides is 1. The fraction of sp³-hybridized carbons (Fsp3) is 0.250. The number of nitrogens with one attached hydrogen (secondary N) is 2. The van der Waals surface area contributed by atoms with Crippen LogP contribution in [0, 0.1) is 0 Å². The Bertz CT molecular complexity index is 682. The molecule has 1 aromatic carbocycles. The first-order valence-electron chi connectivity index (χ1n) is 6.96. The van der Waals surface area contributed by atoms with Crippen LogP contribution < -0.4 is 10.6 Å². The highest BCUT2D eigenvalue weighted by Gasteiger charge is 2.12. The molecule has 0 spiro atoms. The van der Waals surface area contributed by atoms with Crippen molar-refractivity contribution in [1.29, 1.82) is 0 Å². The molecule has 1 aliphatic rings. The minimum atomic E-state index is -0.0118. The van der Waals surface area contributed by atoms with Crippen molar-refractivity contribution in [3.63, 3.8) is 0 Å². The number of aromatic nitrogens is 1. The Morgan fingerprint density at radius 1 is 1.29 bits per heavy atom. The molecule has 2 heterocycles. The van der Waals surface area contributed by atoms with Gasteiger partial charge < -0.3 is 15.5 Å². The van der Waals surface area contributed by atoms with E-state index in [0.29, 0.717) is 5.56 Å². The molecule has 0 bridgehead atoms. The van der Waals surface area contributed by atoms with Crippen molar-refractivity contribution >= 4 is 23.2 Å². The number of carbonyl (C=O) groups excluding carboxylic acids is 1. The number of hydrogen-bond acceptors (Lipinski definition) is 4. The number of pyridine rings is 1. The summed E-state index contributed by atoms with van der Waals surface area (Å²) >= 11 is 0. The van der Waals surface area contributed by atoms with Crippen LogP contribution in [-0.4, -0.2) is 36.4 Å². The maximum atomic E-state index is 12.0. The van der Waals surface area contributed by atoms with E-state index in [1.54, 1.807) is 19.0 Å². The van der Waals surface area contributed by atoms with Gasteiger partial charge in [0.15, 0.2) is 0 Å². The van der Waals surface area contributed by atoms with Crippen molar-refractivity contribution in [2.24, 2.45) is 0 Å². The summed E-state index contributed by atoms with van der Waals surface area (Å²) in [7, 11) is 3.49. The molecule has 0 aliphatic carbocycles. The third-order valence-corrected chi connectivity index (χ3v) is 3.45. The van der Waals surface area contributed by atoms with E-state index in [2.05, 4.69) is 21.7 Å². The second kappa shape index (κ2) is 5.44. The molecule has 3 rings (SSSR count). The molecule has 1 aliphatic heterocycles. The van der Waals surface area contributed by atoms with Gasteiger partial charge in [-0.1, -0.05) is 12.1 Å². The zero-order valence-corrected chi connectivity index (χ0v) is 12.2. The maximum Gasteiger partial charge on any atom is 0.253 e. The van der Waals surface area contributed by atoms with Gasteiger partial charge in [0.05, 0.1) is 0 Å². The lowest BCUT2D eigenvalue weighted by Crippen LogP contribution is -2.21. The topological polar surface area (TPSA) is 57.3 Å². The second-order valence-corrected chi connectivity index (χ2v) is 5.29. The standard InChI is InChI=1S/C16H18N4O/c1-20(2)16(21)12-4-3-5-13(10-12)18-14-7-6-11-8-9-17-15(11)19-14/h3-7,10H,8-9H2,1-2H3,(H2,17,18,19). The lowest BCUT2D eigenvalue weighted by atomic mass is 10.2. The fourth-order valence-electron chi connectivity index (χ4n) is 2.36. The van der Waals surface area contributed by atoms with Crippen molar-refractivity contribution in [3.05, 3.63) is 47.5 Å². The van der Waals surface area contributed by atoms with Gasteiger partial charge in [-0.2, -0.15) is 0 Å². The number of benzene rings is 1. The highest BCUT2D eigenvalue weighted by atomic mass is 16.2. The van der Waals surface area contributed by atoms with E-state index in [0.717, 1.165) is 30.3 Å². The molecule has 0 saturated carbocycles. The zero-order chi connectivity index (χ0) is 14.8. The van der Waals surface area contributed by atoms with Gasteiger partial charge in [-0.15, -0.1) is 0 Å². The molecule has 0 fully saturated rings. The lowest BCUT2D eigenvalue weighted by molar-refractivity contribution is 0.0827. The van der Waals surface area contributed by atoms with E-state index in [9.17, 15) is 4.79 Å². The van der Waals surface area contributed by atoms with Crippen LogP contribution in [0.5, 0.6) is 0 Å². The van der Waals surface area contributed by atoms with Crippen molar-refractivity contribution < 1.29 is 4.79 Å². The predicted molar refractivity (Wildman–Crippen MR) is 84.2 cm³/mol. The van der Waals surface area contributed by atoms with E-state index in [4.69, 9.17) is 0 Å². The van der Waals surface area contributed by atoms with E-state index in [1.165, 1.54) is 5.56 Å². The minimum Gasteiger partial charge on any atom is -0.369 e. The van der Waals surface area contributed by atoms with Gasteiger partial charge in [0.1, 0.15) is 11.6 Å². The average molecular weight is 282 g/mol. The Hall–Kier alpha value is -2.56. The van der Waals surface area contributed by atoms with Gasteiger partial charge in [-0.05, 0) is 36.2 Å². The summed E-state index contributed by atoms with van der Waals surface area (Å²) in [4.78, 5) is 18.1. The van der Waals surface area contributed by atoms with Crippen molar-refractivity contribution in [2.45, 2.75) is 6.42 Å². The molecule has 21 heavy (non-hydrogen) atoms. The molecule has 1 aromatic heterocycles. The molecule has 2 N–H and O–H groups in total. The molecule has 5 nitrogen and oxygen atoms in total. The SMILES string of the molecule is CN(C)C(=O)c1cccc(Nc2ccc3c(n2)NCC3)c1. The molecule has 0 radical (unpaired) electrons. The smallest absolute Gasteiger partial charge is 0.253 e. The largest absolute Gasteiger partial charge is 0.369 e. The number of nitrogens with zero attached hydrogens (tertiary/aromatic N) is 2. The van der Waals surface area contributed by atoms with Crippen LogP contribution >= 0.6 is 0 Å². The molecule has 1 amide bonds. The first-order valence-corrected chi connectivity index (χ1v) is 6.96. The highest BCUT2D eigenvalue weighted by molar-refractivity contribution is 5.94. The summed E-state index contributed by atoms with van der Waals surface area (Å²) in [6, 6.07) is 11.5. The predicted octanol–water partition coefficient (Wildman–Crippen LogP) is 2.50. The maximum absolute atomic E-state index is 12.0. The van der Waals surface area contributed by atoms with Crippen LogP contribution in [0.1, 0.15) is 15.9 Å². The minimum absolute atomic E-state index is 0.0118. The summed E-state index contributed by atoms with van der Waals surface area (Å²) < 4.78 is 0. The Morgan fingerprint density at radius 3 is 2.95 bits per heavy atom. The van der Waals surface area contributed by atoms with Gasteiger partial charge in [0.25, 0.3) is 5.91 Å². The summed E-state index contributed by atoms with van der Waals surface area (Å²) in [5.41, 5.74) is 2.76. The number of hydrogen-bond donors (Lipinski definition) is 2. The van der Waals surface area contributed by atoms with E-state index in [1.807, 2.05) is 30.3 Å². The van der Waals surface area contributed by atoms with Crippen molar-refractivity contribution in [2.75, 3.05) is 31.3 Å². The van der Waals surface area contributed by atoms with Gasteiger partial charge in [-0.25, -0.2) is 4.98 Å². The number of anilines is 3. The number of fused-ring (bicyclic) bond motifs is 1. The summed E-state index contributed by atoms with van der Waals surface area (Å²) in [5.74, 6) is 1.71. The van der Waals surface area contributed by atoms with Gasteiger partial charge in [-0.3, -0.25) is 4.79 Å². The molecule has 5 heteroatoms. The molecule has 0 atom stereocenters. The second-order valence-electron chi connectivity index (χ2n) is 5.29. The van der Waals surface area contributed by atoms with E-state index >= 15 is 0 Å². The summed E-state index contributed by atoms with van der Waals surface area (Å²) in [5, 5.41) is 6.50. The molecular formula is C16H18N4O. The number of rotatable bonds is 3. The Labute approximate surface area is 124 Å². The summed E-state index contributed by atoms with van der Waals surface area (Å²) in [6.45, 7) is 0.943. The summed E-state index contributed by atoms with van der Waals surface area (Å²) in [6.07, 6.45) is 1.02. The molecular weight excluding hydrogens is 264 g/mol. The van der Waals surface area contributed by atoms with E-state index in [-0.39, 0.29) is 5.91 Å². The third kappa shape index (κ3) is 2.81. The van der Waals surface area contributed by atoms with E-state index < -0.39 is 0 Å². The first-order chi connectivity index (χ1) is 10.1. The van der Waals surface area contributed by atoms with Gasteiger partial charge in [0, 0.05) is 31.9 Å². The van der Waals surface area contributed by atoms with Crippen LogP contribution in [0.15, 0.2) is 36.4 Å². The first kappa shape index (κ1) is 13.4. The highest BCUT2D eigenvalue weighted by Crippen LogP contribution is 2.24. The molecule has 0 unspecified atom stereocenters. The van der Waals surface area contributed by atoms with Crippen LogP contribution in [0.3, 0.4) is 0 Å². The lowest BCUT2D eigenvalue weighted by Gasteiger charge is -2.12. The molecule has 108 valence electrons. The van der Waals surface area contributed by atoms with Crippen LogP contribution in [-0.2, 0) is 6.42 Å². The number of carbonyl (C=O) groups is 1. The molecule has 2 aromatic rings. The third-order valence-electron chi connectivity index (χ3n) is 3.45. The van der Waals surface area contributed by atoms with Gasteiger partial charge in [0.2, 0.25) is 0 Å². The quantitative estimate of drug-likeness (QED) is 0.908. The Kier molecular flexibility index (Phi) is 3.48. The Morgan fingerprint density at radius 2 is 2.14 bits per heavy atom. The van der Waals surface area contributed by atoms with Crippen LogP contribution in [0.4, 0.5) is 17.3 Å². The van der Waals surface area contributed by atoms with Crippen LogP contribution in [0.25, 0.3) is 0 Å². The van der Waals surface area contributed by atoms with Crippen molar-refractivity contribution in [3.8, 4) is 0 Å². The average Bonchev–Trinajstić information content (AvgIpc) is 2.94.